The summed E-state index contributed by atoms with van der Waals surface area (Å²) in [5.41, 5.74) is 2.01. The van der Waals surface area contributed by atoms with Crippen molar-refractivity contribution < 1.29 is 26.5 Å². The minimum absolute atomic E-state index is 0. The summed E-state index contributed by atoms with van der Waals surface area (Å²) in [6.07, 6.45) is 10.2. The van der Waals surface area contributed by atoms with Gasteiger partial charge in [-0.3, -0.25) is 4.79 Å². The molecule has 5 nitrogen and oxygen atoms in total. The number of rotatable bonds is 4. The number of nitrogens with zero attached hydrogens (tertiary/aromatic N) is 3. The zero-order chi connectivity index (χ0) is 16.9. The molecule has 0 saturated heterocycles. The number of carbonyl (C=O) groups is 1. The Morgan fingerprint density at radius 2 is 2.08 bits per heavy atom. The van der Waals surface area contributed by atoms with Crippen LogP contribution in [0.5, 0.6) is 0 Å². The van der Waals surface area contributed by atoms with E-state index in [1.54, 1.807) is 6.07 Å². The van der Waals surface area contributed by atoms with E-state index in [2.05, 4.69) is 22.3 Å². The van der Waals surface area contributed by atoms with Crippen molar-refractivity contribution in [3.05, 3.63) is 47.8 Å². The molecular formula is C19H23BrN4O. The summed E-state index contributed by atoms with van der Waals surface area (Å²) in [6.45, 7) is 2.15. The number of nitrogens with one attached hydrogen (secondary N) is 1. The van der Waals surface area contributed by atoms with Crippen LogP contribution in [0.3, 0.4) is 0 Å². The van der Waals surface area contributed by atoms with Crippen LogP contribution in [0.25, 0.3) is 0 Å². The summed E-state index contributed by atoms with van der Waals surface area (Å²) in [4.78, 5) is 12.5. The van der Waals surface area contributed by atoms with Gasteiger partial charge in [-0.2, -0.15) is 9.94 Å². The molecule has 1 heterocycles. The third-order valence-electron chi connectivity index (χ3n) is 4.71. The van der Waals surface area contributed by atoms with E-state index in [9.17, 15) is 10.1 Å². The number of nitriles is 1. The second-order valence-corrected chi connectivity index (χ2v) is 6.42. The number of para-hydroxylation sites is 1. The van der Waals surface area contributed by atoms with Crippen LogP contribution in [-0.4, -0.2) is 10.6 Å². The maximum absolute atomic E-state index is 12.5. The molecule has 0 unspecified atom stereocenters. The van der Waals surface area contributed by atoms with Gasteiger partial charge in [-0.1, -0.05) is 31.4 Å². The average Bonchev–Trinajstić information content (AvgIpc) is 3.05. The molecule has 0 aliphatic heterocycles. The van der Waals surface area contributed by atoms with Crippen LogP contribution in [0, 0.1) is 18.3 Å². The quantitative estimate of drug-likeness (QED) is 0.737. The Morgan fingerprint density at radius 1 is 1.32 bits per heavy atom. The molecule has 1 aliphatic rings. The lowest BCUT2D eigenvalue weighted by molar-refractivity contribution is -0.767. The van der Waals surface area contributed by atoms with Crippen molar-refractivity contribution in [2.24, 2.45) is 0 Å². The minimum atomic E-state index is -0.110. The fourth-order valence-corrected chi connectivity index (χ4v) is 3.45. The van der Waals surface area contributed by atoms with Gasteiger partial charge in [-0.05, 0) is 31.4 Å². The predicted molar refractivity (Wildman–Crippen MR) is 91.3 cm³/mol. The fraction of sp³-hybridized carbons (Fsp3) is 0.421. The summed E-state index contributed by atoms with van der Waals surface area (Å²) in [5, 5.41) is 12.1. The number of hydrogen-bond acceptors (Lipinski definition) is 2. The summed E-state index contributed by atoms with van der Waals surface area (Å²) in [5.74, 6) is -0.110. The summed E-state index contributed by atoms with van der Waals surface area (Å²) in [6, 6.07) is 10.0. The number of aryl methyl sites for hydroxylation is 1. The Kier molecular flexibility index (Phi) is 6.77. The summed E-state index contributed by atoms with van der Waals surface area (Å²) >= 11 is 0. The number of carbonyl (C=O) groups excluding carboxylic acids is 1. The molecule has 1 amide bonds. The molecule has 1 aromatic carbocycles. The Balaban J connectivity index is 0.00000225. The van der Waals surface area contributed by atoms with E-state index in [1.807, 2.05) is 36.0 Å². The highest BCUT2D eigenvalue weighted by Gasteiger charge is 2.23. The van der Waals surface area contributed by atoms with Crippen LogP contribution in [0.15, 0.2) is 36.7 Å². The van der Waals surface area contributed by atoms with Gasteiger partial charge < -0.3 is 22.3 Å². The van der Waals surface area contributed by atoms with Crippen LogP contribution in [0.1, 0.15) is 49.3 Å². The third kappa shape index (κ3) is 4.49. The number of aromatic nitrogens is 2. The molecule has 132 valence electrons. The van der Waals surface area contributed by atoms with Crippen LogP contribution < -0.4 is 27.0 Å². The second-order valence-electron chi connectivity index (χ2n) is 6.42. The Labute approximate surface area is 159 Å². The number of hydrogen-bond donors (Lipinski definition) is 1. The zero-order valence-electron chi connectivity index (χ0n) is 14.4. The molecule has 1 saturated carbocycles. The lowest BCUT2D eigenvalue weighted by Gasteiger charge is -2.20. The highest BCUT2D eigenvalue weighted by molar-refractivity contribution is 5.92. The Hall–Kier alpha value is -2.13. The second kappa shape index (κ2) is 8.82. The first-order chi connectivity index (χ1) is 11.7. The van der Waals surface area contributed by atoms with Crippen LogP contribution in [0.2, 0.25) is 0 Å². The van der Waals surface area contributed by atoms with Crippen molar-refractivity contribution in [2.45, 2.75) is 51.6 Å². The largest absolute Gasteiger partial charge is 1.00 e. The molecule has 6 heteroatoms. The van der Waals surface area contributed by atoms with Gasteiger partial charge in [0.25, 0.3) is 5.91 Å². The van der Waals surface area contributed by atoms with E-state index in [0.717, 1.165) is 5.56 Å². The van der Waals surface area contributed by atoms with E-state index in [1.165, 1.54) is 32.1 Å². The van der Waals surface area contributed by atoms with Gasteiger partial charge in [0.05, 0.1) is 23.5 Å². The van der Waals surface area contributed by atoms with Crippen molar-refractivity contribution in [1.29, 1.82) is 5.26 Å². The van der Waals surface area contributed by atoms with Gasteiger partial charge in [0, 0.05) is 6.07 Å². The van der Waals surface area contributed by atoms with Crippen molar-refractivity contribution >= 4 is 11.6 Å². The third-order valence-corrected chi connectivity index (χ3v) is 4.71. The van der Waals surface area contributed by atoms with E-state index < -0.39 is 0 Å². The highest BCUT2D eigenvalue weighted by Crippen LogP contribution is 2.26. The molecule has 3 rings (SSSR count). The summed E-state index contributed by atoms with van der Waals surface area (Å²) in [7, 11) is 0. The first kappa shape index (κ1) is 19.2. The molecule has 2 aromatic rings. The summed E-state index contributed by atoms with van der Waals surface area (Å²) < 4.78 is 4.15. The minimum Gasteiger partial charge on any atom is -1.00 e. The number of anilines is 1. The Morgan fingerprint density at radius 3 is 2.80 bits per heavy atom. The van der Waals surface area contributed by atoms with Crippen LogP contribution >= 0.6 is 0 Å². The van der Waals surface area contributed by atoms with Gasteiger partial charge in [-0.25, -0.2) is 0 Å². The van der Waals surface area contributed by atoms with E-state index in [0.29, 0.717) is 17.3 Å². The lowest BCUT2D eigenvalue weighted by atomic mass is 9.96. The van der Waals surface area contributed by atoms with Gasteiger partial charge in [-0.15, -0.1) is 4.68 Å². The maximum atomic E-state index is 12.5. The van der Waals surface area contributed by atoms with Crippen molar-refractivity contribution in [3.8, 4) is 6.07 Å². The topological polar surface area (TPSA) is 61.7 Å². The van der Waals surface area contributed by atoms with Gasteiger partial charge in [0.1, 0.15) is 6.07 Å². The molecular weight excluding hydrogens is 380 g/mol. The zero-order valence-corrected chi connectivity index (χ0v) is 16.0. The van der Waals surface area contributed by atoms with Gasteiger partial charge >= 0.3 is 0 Å². The standard InChI is InChI=1S/C19H22N4O.BrH/c1-15-7-5-8-16(13-20)19(15)21-18(24)14-22-11-6-12-23(22)17-9-3-2-4-10-17;/h5-8,11-12,17H,2-4,9-10,14H2,1H3;1H. The number of amides is 1. The van der Waals surface area contributed by atoms with E-state index in [-0.39, 0.29) is 29.4 Å². The molecule has 0 spiro atoms. The van der Waals surface area contributed by atoms with Crippen LogP contribution in [-0.2, 0) is 11.3 Å². The first-order valence-electron chi connectivity index (χ1n) is 8.55. The average molecular weight is 403 g/mol. The molecule has 1 aromatic heterocycles. The van der Waals surface area contributed by atoms with Crippen LogP contribution in [0.4, 0.5) is 5.69 Å². The first-order valence-corrected chi connectivity index (χ1v) is 8.55. The van der Waals surface area contributed by atoms with Crippen molar-refractivity contribution in [3.63, 3.8) is 0 Å². The molecule has 0 bridgehead atoms. The molecule has 0 radical (unpaired) electrons. The fourth-order valence-electron chi connectivity index (χ4n) is 3.45. The molecule has 25 heavy (non-hydrogen) atoms. The number of benzene rings is 1. The highest BCUT2D eigenvalue weighted by atomic mass is 79.9. The monoisotopic (exact) mass is 402 g/mol. The maximum Gasteiger partial charge on any atom is 0.292 e. The molecule has 0 atom stereocenters. The molecule has 1 aliphatic carbocycles. The smallest absolute Gasteiger partial charge is 0.292 e. The van der Waals surface area contributed by atoms with Gasteiger partial charge in [0.15, 0.2) is 6.20 Å². The SMILES string of the molecule is Cc1cccc(C#N)c1NC(=O)C[n+]1cccn1C1CCCCC1.[Br-]. The number of halogens is 1. The van der Waals surface area contributed by atoms with Crippen molar-refractivity contribution in [1.82, 2.24) is 4.68 Å². The Bertz CT molecular complexity index is 772. The molecule has 1 fully saturated rings. The lowest BCUT2D eigenvalue weighted by Crippen LogP contribution is -3.00. The molecule has 1 N–H and O–H groups in total. The van der Waals surface area contributed by atoms with E-state index in [4.69, 9.17) is 0 Å². The van der Waals surface area contributed by atoms with E-state index >= 15 is 0 Å². The van der Waals surface area contributed by atoms with Crippen molar-refractivity contribution in [2.75, 3.05) is 5.32 Å². The van der Waals surface area contributed by atoms with Gasteiger partial charge in [0.2, 0.25) is 6.54 Å². The normalized spacial score (nSPS) is 14.4. The predicted octanol–water partition coefficient (Wildman–Crippen LogP) is 0.104.